The summed E-state index contributed by atoms with van der Waals surface area (Å²) in [4.78, 5) is 24.7. The van der Waals surface area contributed by atoms with Gasteiger partial charge in [0.2, 0.25) is 5.78 Å². The van der Waals surface area contributed by atoms with Crippen molar-refractivity contribution < 1.29 is 4.79 Å². The van der Waals surface area contributed by atoms with Crippen molar-refractivity contribution in [3.63, 3.8) is 0 Å². The van der Waals surface area contributed by atoms with E-state index in [1.54, 1.807) is 6.20 Å². The van der Waals surface area contributed by atoms with Crippen LogP contribution in [0.25, 0.3) is 5.78 Å². The molecule has 0 saturated carbocycles. The van der Waals surface area contributed by atoms with Gasteiger partial charge in [0.1, 0.15) is 0 Å². The molecule has 1 amide bonds. The van der Waals surface area contributed by atoms with Crippen LogP contribution in [0, 0.1) is 6.92 Å². The summed E-state index contributed by atoms with van der Waals surface area (Å²) in [6.45, 7) is 2.79. The summed E-state index contributed by atoms with van der Waals surface area (Å²) in [6, 6.07) is 4.05. The van der Waals surface area contributed by atoms with Gasteiger partial charge in [-0.1, -0.05) is 0 Å². The highest BCUT2D eigenvalue weighted by molar-refractivity contribution is 7.12. The summed E-state index contributed by atoms with van der Waals surface area (Å²) < 4.78 is 1.89. The third-order valence-electron chi connectivity index (χ3n) is 4.44. The molecule has 1 saturated heterocycles. The molecule has 1 aliphatic heterocycles. The molecular formula is C17H18N4OS. The lowest BCUT2D eigenvalue weighted by molar-refractivity contribution is 0.0610. The number of nitrogens with zero attached hydrogens (tertiary/aromatic N) is 4. The van der Waals surface area contributed by atoms with Gasteiger partial charge >= 0.3 is 0 Å². The Bertz CT molecular complexity index is 853. The number of hydrogen-bond donors (Lipinski definition) is 0. The molecule has 4 rings (SSSR count). The largest absolute Gasteiger partial charge is 0.329 e. The van der Waals surface area contributed by atoms with Gasteiger partial charge in [-0.3, -0.25) is 9.20 Å². The van der Waals surface area contributed by atoms with Crippen molar-refractivity contribution in [1.29, 1.82) is 0 Å². The number of hydrogen-bond acceptors (Lipinski definition) is 4. The van der Waals surface area contributed by atoms with E-state index in [2.05, 4.69) is 9.97 Å². The van der Waals surface area contributed by atoms with Crippen molar-refractivity contribution in [2.24, 2.45) is 0 Å². The molecule has 4 heterocycles. The molecule has 5 nitrogen and oxygen atoms in total. The molecule has 1 fully saturated rings. The van der Waals surface area contributed by atoms with E-state index in [1.807, 2.05) is 46.1 Å². The molecule has 3 aromatic rings. The van der Waals surface area contributed by atoms with Crippen LogP contribution in [0.3, 0.4) is 0 Å². The minimum Gasteiger partial charge on any atom is -0.329 e. The summed E-state index contributed by atoms with van der Waals surface area (Å²) in [5, 5.41) is 1.98. The topological polar surface area (TPSA) is 50.5 Å². The highest BCUT2D eigenvalue weighted by Crippen LogP contribution is 2.32. The number of fused-ring (bicyclic) bond motifs is 1. The predicted octanol–water partition coefficient (Wildman–Crippen LogP) is 3.47. The van der Waals surface area contributed by atoms with Crippen LogP contribution in [-0.2, 0) is 0 Å². The normalized spacial score (nSPS) is 18.5. The van der Waals surface area contributed by atoms with Gasteiger partial charge in [0.05, 0.1) is 16.6 Å². The summed E-state index contributed by atoms with van der Waals surface area (Å²) >= 11 is 1.52. The van der Waals surface area contributed by atoms with E-state index >= 15 is 0 Å². The van der Waals surface area contributed by atoms with Gasteiger partial charge < -0.3 is 4.90 Å². The van der Waals surface area contributed by atoms with Crippen LogP contribution in [0.4, 0.5) is 0 Å². The third kappa shape index (κ3) is 2.53. The standard InChI is InChI=1S/C17H18N4OS/c1-12-6-11-23-15(12)16(22)21-8-3-2-4-14(21)13-5-9-20-10-7-18-17(20)19-13/h5-7,9-11,14H,2-4,8H2,1H3/t14-/m1/s1. The fraction of sp³-hybridized carbons (Fsp3) is 0.353. The number of piperidine rings is 1. The second-order valence-corrected chi connectivity index (χ2v) is 6.85. The molecule has 0 N–H and O–H groups in total. The highest BCUT2D eigenvalue weighted by Gasteiger charge is 2.31. The maximum atomic E-state index is 13.0. The van der Waals surface area contributed by atoms with Gasteiger partial charge in [0, 0.05) is 25.1 Å². The van der Waals surface area contributed by atoms with Gasteiger partial charge in [-0.25, -0.2) is 9.97 Å². The first-order chi connectivity index (χ1) is 11.2. The molecular weight excluding hydrogens is 308 g/mol. The summed E-state index contributed by atoms with van der Waals surface area (Å²) in [5.41, 5.74) is 1.99. The van der Waals surface area contributed by atoms with Gasteiger partial charge in [-0.2, -0.15) is 0 Å². The first-order valence-corrected chi connectivity index (χ1v) is 8.76. The first-order valence-electron chi connectivity index (χ1n) is 7.89. The third-order valence-corrected chi connectivity index (χ3v) is 5.45. The van der Waals surface area contributed by atoms with Gasteiger partial charge in [-0.15, -0.1) is 11.3 Å². The molecule has 118 valence electrons. The van der Waals surface area contributed by atoms with E-state index in [4.69, 9.17) is 0 Å². The summed E-state index contributed by atoms with van der Waals surface area (Å²) in [5.74, 6) is 0.819. The van der Waals surface area contributed by atoms with Crippen LogP contribution in [-0.4, -0.2) is 31.7 Å². The number of imidazole rings is 1. The molecule has 3 aromatic heterocycles. The van der Waals surface area contributed by atoms with E-state index < -0.39 is 0 Å². The van der Waals surface area contributed by atoms with Crippen molar-refractivity contribution in [3.05, 3.63) is 52.2 Å². The van der Waals surface area contributed by atoms with Crippen molar-refractivity contribution in [2.45, 2.75) is 32.2 Å². The fourth-order valence-electron chi connectivity index (χ4n) is 3.21. The Morgan fingerprint density at radius 1 is 1.30 bits per heavy atom. The number of aryl methyl sites for hydroxylation is 1. The molecule has 0 aromatic carbocycles. The lowest BCUT2D eigenvalue weighted by Crippen LogP contribution is -2.38. The number of amides is 1. The van der Waals surface area contributed by atoms with Crippen LogP contribution in [0.5, 0.6) is 0 Å². The number of rotatable bonds is 2. The van der Waals surface area contributed by atoms with Gasteiger partial charge in [0.15, 0.2) is 0 Å². The van der Waals surface area contributed by atoms with Crippen molar-refractivity contribution >= 4 is 23.0 Å². The molecule has 0 unspecified atom stereocenters. The summed E-state index contributed by atoms with van der Waals surface area (Å²) in [7, 11) is 0. The SMILES string of the molecule is Cc1ccsc1C(=O)N1CCCC[C@@H]1c1ccn2ccnc2n1. The second kappa shape index (κ2) is 5.77. The quantitative estimate of drug-likeness (QED) is 0.724. The predicted molar refractivity (Wildman–Crippen MR) is 89.7 cm³/mol. The molecule has 1 aliphatic rings. The fourth-order valence-corrected chi connectivity index (χ4v) is 4.09. The van der Waals surface area contributed by atoms with Gasteiger partial charge in [0.25, 0.3) is 5.91 Å². The van der Waals surface area contributed by atoms with Crippen LogP contribution >= 0.6 is 11.3 Å². The molecule has 1 atom stereocenters. The molecule has 0 radical (unpaired) electrons. The highest BCUT2D eigenvalue weighted by atomic mass is 32.1. The Labute approximate surface area is 138 Å². The lowest BCUT2D eigenvalue weighted by Gasteiger charge is -2.35. The minimum atomic E-state index is 0.0412. The Morgan fingerprint density at radius 2 is 2.22 bits per heavy atom. The monoisotopic (exact) mass is 326 g/mol. The first kappa shape index (κ1) is 14.4. The summed E-state index contributed by atoms with van der Waals surface area (Å²) in [6.07, 6.45) is 8.73. The molecule has 0 spiro atoms. The van der Waals surface area contributed by atoms with E-state index in [1.165, 1.54) is 11.3 Å². The molecule has 0 bridgehead atoms. The lowest BCUT2D eigenvalue weighted by atomic mass is 9.98. The zero-order valence-corrected chi connectivity index (χ0v) is 13.8. The average molecular weight is 326 g/mol. The van der Waals surface area contributed by atoms with E-state index in [-0.39, 0.29) is 11.9 Å². The van der Waals surface area contributed by atoms with Crippen LogP contribution in [0.15, 0.2) is 36.1 Å². The van der Waals surface area contributed by atoms with E-state index in [0.717, 1.165) is 41.9 Å². The molecule has 23 heavy (non-hydrogen) atoms. The maximum Gasteiger partial charge on any atom is 0.264 e. The number of aromatic nitrogens is 3. The Morgan fingerprint density at radius 3 is 3.04 bits per heavy atom. The second-order valence-electron chi connectivity index (χ2n) is 5.93. The number of carbonyl (C=O) groups is 1. The number of likely N-dealkylation sites (tertiary alicyclic amines) is 1. The number of carbonyl (C=O) groups excluding carboxylic acids is 1. The van der Waals surface area contributed by atoms with E-state index in [0.29, 0.717) is 5.78 Å². The van der Waals surface area contributed by atoms with Crippen molar-refractivity contribution in [2.75, 3.05) is 6.54 Å². The minimum absolute atomic E-state index is 0.0412. The van der Waals surface area contributed by atoms with Crippen LogP contribution in [0.1, 0.15) is 46.2 Å². The van der Waals surface area contributed by atoms with Crippen LogP contribution in [0.2, 0.25) is 0 Å². The molecule has 6 heteroatoms. The average Bonchev–Trinajstić information content (AvgIpc) is 3.22. The zero-order chi connectivity index (χ0) is 15.8. The number of thiophene rings is 1. The maximum absolute atomic E-state index is 13.0. The van der Waals surface area contributed by atoms with Crippen LogP contribution < -0.4 is 0 Å². The molecule has 0 aliphatic carbocycles. The zero-order valence-electron chi connectivity index (χ0n) is 13.0. The Balaban J connectivity index is 1.70. The van der Waals surface area contributed by atoms with Crippen molar-refractivity contribution in [3.8, 4) is 0 Å². The smallest absolute Gasteiger partial charge is 0.264 e. The van der Waals surface area contributed by atoms with Gasteiger partial charge in [-0.05, 0) is 49.3 Å². The van der Waals surface area contributed by atoms with Crippen molar-refractivity contribution in [1.82, 2.24) is 19.3 Å². The Hall–Kier alpha value is -2.21. The Kier molecular flexibility index (Phi) is 3.61. The van der Waals surface area contributed by atoms with E-state index in [9.17, 15) is 4.79 Å².